The van der Waals surface area contributed by atoms with Crippen molar-refractivity contribution in [3.63, 3.8) is 0 Å². The van der Waals surface area contributed by atoms with Crippen molar-refractivity contribution in [1.29, 1.82) is 0 Å². The fourth-order valence-corrected chi connectivity index (χ4v) is 3.10. The number of aromatic nitrogens is 1. The van der Waals surface area contributed by atoms with E-state index in [-0.39, 0.29) is 0 Å². The van der Waals surface area contributed by atoms with E-state index in [0.717, 1.165) is 30.0 Å². The highest BCUT2D eigenvalue weighted by molar-refractivity contribution is 5.75. The van der Waals surface area contributed by atoms with Crippen molar-refractivity contribution >= 4 is 5.97 Å². The van der Waals surface area contributed by atoms with Gasteiger partial charge < -0.3 is 14.4 Å². The molecule has 118 valence electrons. The van der Waals surface area contributed by atoms with E-state index in [0.29, 0.717) is 32.5 Å². The minimum absolute atomic E-state index is 0.478. The molecule has 0 radical (unpaired) electrons. The number of ether oxygens (including phenoxy) is 1. The molecule has 0 bridgehead atoms. The molecule has 1 fully saturated rings. The average Bonchev–Trinajstić information content (AvgIpc) is 2.77. The number of hydrogen-bond donors (Lipinski definition) is 1. The van der Waals surface area contributed by atoms with Crippen molar-refractivity contribution in [2.24, 2.45) is 5.41 Å². The van der Waals surface area contributed by atoms with Crippen LogP contribution in [-0.2, 0) is 16.1 Å². The Labute approximate surface area is 125 Å². The third-order valence-electron chi connectivity index (χ3n) is 4.46. The Morgan fingerprint density at radius 2 is 2.29 bits per heavy atom. The third-order valence-corrected chi connectivity index (χ3v) is 4.46. The van der Waals surface area contributed by atoms with E-state index in [9.17, 15) is 9.90 Å². The van der Waals surface area contributed by atoms with Gasteiger partial charge >= 0.3 is 5.97 Å². The largest absolute Gasteiger partial charge is 0.481 e. The smallest absolute Gasteiger partial charge is 0.311 e. The number of carbonyl (C=O) groups is 1. The lowest BCUT2D eigenvalue weighted by atomic mass is 9.77. The molecular weight excluding hydrogens is 272 g/mol. The van der Waals surface area contributed by atoms with Gasteiger partial charge in [-0.2, -0.15) is 0 Å². The third kappa shape index (κ3) is 3.44. The number of piperidine rings is 1. The van der Waals surface area contributed by atoms with Crippen molar-refractivity contribution < 1.29 is 19.2 Å². The van der Waals surface area contributed by atoms with Crippen LogP contribution in [0.1, 0.15) is 36.3 Å². The van der Waals surface area contributed by atoms with Crippen molar-refractivity contribution in [3.05, 3.63) is 17.0 Å². The summed E-state index contributed by atoms with van der Waals surface area (Å²) in [6.07, 6.45) is 2.15. The summed E-state index contributed by atoms with van der Waals surface area (Å²) in [6.45, 7) is 6.45. The lowest BCUT2D eigenvalue weighted by molar-refractivity contribution is -0.154. The van der Waals surface area contributed by atoms with E-state index in [1.807, 2.05) is 13.8 Å². The number of aryl methyl sites for hydroxylation is 2. The summed E-state index contributed by atoms with van der Waals surface area (Å²) >= 11 is 0. The number of aliphatic carboxylic acids is 1. The molecule has 1 aliphatic rings. The Morgan fingerprint density at radius 1 is 1.52 bits per heavy atom. The molecule has 0 saturated carbocycles. The molecule has 2 rings (SSSR count). The average molecular weight is 296 g/mol. The summed E-state index contributed by atoms with van der Waals surface area (Å²) < 4.78 is 10.3. The maximum absolute atomic E-state index is 11.8. The van der Waals surface area contributed by atoms with Gasteiger partial charge in [-0.05, 0) is 39.7 Å². The number of carboxylic acid groups (broad SMARTS) is 1. The number of likely N-dealkylation sites (tertiary alicyclic amines) is 1. The Balaban J connectivity index is 2.10. The SMILES string of the molecule is COCC[C@]1(C(=O)O)CCCN(Cc2c(C)noc2C)C1. The molecule has 0 amide bonds. The highest BCUT2D eigenvalue weighted by Crippen LogP contribution is 2.35. The summed E-state index contributed by atoms with van der Waals surface area (Å²) in [4.78, 5) is 13.9. The highest BCUT2D eigenvalue weighted by Gasteiger charge is 2.42. The fourth-order valence-electron chi connectivity index (χ4n) is 3.10. The van der Waals surface area contributed by atoms with E-state index in [2.05, 4.69) is 10.1 Å². The van der Waals surface area contributed by atoms with Crippen LogP contribution in [0.25, 0.3) is 0 Å². The van der Waals surface area contributed by atoms with Gasteiger partial charge in [0.1, 0.15) is 5.76 Å². The van der Waals surface area contributed by atoms with Crippen LogP contribution in [-0.4, -0.2) is 47.9 Å². The van der Waals surface area contributed by atoms with Crippen LogP contribution in [0, 0.1) is 19.3 Å². The second-order valence-corrected chi connectivity index (χ2v) is 5.95. The standard InChI is InChI=1S/C15H24N2O4/c1-11-13(12(2)21-16-11)9-17-7-4-5-15(10-17,14(18)19)6-8-20-3/h4-10H2,1-3H3,(H,18,19)/t15-/m1/s1. The first kappa shape index (κ1) is 16.0. The number of rotatable bonds is 6. The number of nitrogens with zero attached hydrogens (tertiary/aromatic N) is 2. The first-order chi connectivity index (χ1) is 9.98. The van der Waals surface area contributed by atoms with Crippen molar-refractivity contribution in [1.82, 2.24) is 10.1 Å². The van der Waals surface area contributed by atoms with Gasteiger partial charge in [-0.3, -0.25) is 9.69 Å². The summed E-state index contributed by atoms with van der Waals surface area (Å²) in [6, 6.07) is 0. The topological polar surface area (TPSA) is 75.8 Å². The number of methoxy groups -OCH3 is 1. The van der Waals surface area contributed by atoms with Crippen LogP contribution in [0.5, 0.6) is 0 Å². The van der Waals surface area contributed by atoms with Gasteiger partial charge in [0.05, 0.1) is 11.1 Å². The molecule has 0 spiro atoms. The Morgan fingerprint density at radius 3 is 2.86 bits per heavy atom. The predicted molar refractivity (Wildman–Crippen MR) is 77.0 cm³/mol. The molecule has 6 nitrogen and oxygen atoms in total. The molecule has 1 aliphatic heterocycles. The second-order valence-electron chi connectivity index (χ2n) is 5.95. The molecule has 0 unspecified atom stereocenters. The summed E-state index contributed by atoms with van der Waals surface area (Å²) in [5.41, 5.74) is 1.26. The molecule has 1 aromatic heterocycles. The zero-order valence-electron chi connectivity index (χ0n) is 13.0. The number of carboxylic acids is 1. The van der Waals surface area contributed by atoms with Crippen molar-refractivity contribution in [2.75, 3.05) is 26.8 Å². The Kier molecular flexibility index (Phi) is 5.00. The summed E-state index contributed by atoms with van der Waals surface area (Å²) in [7, 11) is 1.61. The van der Waals surface area contributed by atoms with Crippen LogP contribution >= 0.6 is 0 Å². The first-order valence-corrected chi connectivity index (χ1v) is 7.35. The lowest BCUT2D eigenvalue weighted by Crippen LogP contribution is -2.48. The maximum Gasteiger partial charge on any atom is 0.311 e. The molecule has 1 aromatic rings. The van der Waals surface area contributed by atoms with Gasteiger partial charge in [-0.25, -0.2) is 0 Å². The minimum Gasteiger partial charge on any atom is -0.481 e. The van der Waals surface area contributed by atoms with Crippen LogP contribution in [0.2, 0.25) is 0 Å². The first-order valence-electron chi connectivity index (χ1n) is 7.35. The number of hydrogen-bond acceptors (Lipinski definition) is 5. The molecule has 0 aromatic carbocycles. The van der Waals surface area contributed by atoms with Crippen LogP contribution in [0.4, 0.5) is 0 Å². The van der Waals surface area contributed by atoms with E-state index in [1.54, 1.807) is 7.11 Å². The van der Waals surface area contributed by atoms with Gasteiger partial charge in [-0.1, -0.05) is 5.16 Å². The van der Waals surface area contributed by atoms with Crippen LogP contribution < -0.4 is 0 Å². The van der Waals surface area contributed by atoms with Gasteiger partial charge in [0.25, 0.3) is 0 Å². The van der Waals surface area contributed by atoms with Crippen molar-refractivity contribution in [3.8, 4) is 0 Å². The van der Waals surface area contributed by atoms with Crippen molar-refractivity contribution in [2.45, 2.75) is 39.7 Å². The van der Waals surface area contributed by atoms with E-state index in [4.69, 9.17) is 9.26 Å². The fraction of sp³-hybridized carbons (Fsp3) is 0.733. The monoisotopic (exact) mass is 296 g/mol. The summed E-state index contributed by atoms with van der Waals surface area (Å²) in [5.74, 6) is 0.0962. The molecule has 1 atom stereocenters. The Bertz CT molecular complexity index is 480. The second kappa shape index (κ2) is 6.58. The zero-order valence-corrected chi connectivity index (χ0v) is 13.0. The molecule has 21 heavy (non-hydrogen) atoms. The zero-order chi connectivity index (χ0) is 15.5. The normalized spacial score (nSPS) is 23.4. The Hall–Kier alpha value is -1.40. The summed E-state index contributed by atoms with van der Waals surface area (Å²) in [5, 5.41) is 13.6. The minimum atomic E-state index is -0.719. The molecule has 1 saturated heterocycles. The van der Waals surface area contributed by atoms with Gasteiger partial charge in [-0.15, -0.1) is 0 Å². The van der Waals surface area contributed by atoms with Gasteiger partial charge in [0.2, 0.25) is 0 Å². The predicted octanol–water partition coefficient (Wildman–Crippen LogP) is 1.99. The molecule has 1 N–H and O–H groups in total. The quantitative estimate of drug-likeness (QED) is 0.865. The van der Waals surface area contributed by atoms with E-state index >= 15 is 0 Å². The molecular formula is C15H24N2O4. The van der Waals surface area contributed by atoms with E-state index < -0.39 is 11.4 Å². The van der Waals surface area contributed by atoms with Gasteiger partial charge in [0, 0.05) is 32.4 Å². The van der Waals surface area contributed by atoms with E-state index in [1.165, 1.54) is 0 Å². The van der Waals surface area contributed by atoms with Gasteiger partial charge in [0.15, 0.2) is 0 Å². The highest BCUT2D eigenvalue weighted by atomic mass is 16.5. The lowest BCUT2D eigenvalue weighted by Gasteiger charge is -2.39. The van der Waals surface area contributed by atoms with Crippen LogP contribution in [0.3, 0.4) is 0 Å². The maximum atomic E-state index is 11.8. The molecule has 6 heteroatoms. The van der Waals surface area contributed by atoms with Crippen LogP contribution in [0.15, 0.2) is 4.52 Å². The molecule has 2 heterocycles. The molecule has 0 aliphatic carbocycles.